The second-order valence-corrected chi connectivity index (χ2v) is 5.39. The van der Waals surface area contributed by atoms with Crippen molar-refractivity contribution in [3.63, 3.8) is 0 Å². The number of carbonyl (C=O) groups is 1. The first-order valence-corrected chi connectivity index (χ1v) is 7.23. The molecule has 110 valence electrons. The lowest BCUT2D eigenvalue weighted by molar-refractivity contribution is 0.0695. The third-order valence-corrected chi connectivity index (χ3v) is 4.15. The number of anilines is 1. The minimum absolute atomic E-state index is 0.284. The molecule has 0 bridgehead atoms. The third-order valence-electron chi connectivity index (χ3n) is 4.15. The first kappa shape index (κ1) is 14.8. The fourth-order valence-electron chi connectivity index (χ4n) is 2.60. The maximum absolute atomic E-state index is 11.0. The summed E-state index contributed by atoms with van der Waals surface area (Å²) < 4.78 is 0. The van der Waals surface area contributed by atoms with Crippen LogP contribution in [0.25, 0.3) is 0 Å². The molecule has 0 aromatic carbocycles. The van der Waals surface area contributed by atoms with Crippen LogP contribution in [0.15, 0.2) is 12.1 Å². The van der Waals surface area contributed by atoms with Gasteiger partial charge in [0.05, 0.1) is 11.3 Å². The molecule has 1 unspecified atom stereocenters. The van der Waals surface area contributed by atoms with Crippen molar-refractivity contribution >= 4 is 11.8 Å². The molecule has 0 aliphatic carbocycles. The first-order chi connectivity index (χ1) is 9.52. The van der Waals surface area contributed by atoms with Gasteiger partial charge in [0.2, 0.25) is 0 Å². The number of piperazine rings is 1. The van der Waals surface area contributed by atoms with Gasteiger partial charge in [0, 0.05) is 32.2 Å². The zero-order valence-corrected chi connectivity index (χ0v) is 12.5. The molecule has 1 aliphatic heterocycles. The molecular weight excluding hydrogens is 254 g/mol. The number of rotatable bonds is 4. The van der Waals surface area contributed by atoms with Gasteiger partial charge in [0.15, 0.2) is 0 Å². The van der Waals surface area contributed by atoms with Crippen molar-refractivity contribution in [3.05, 3.63) is 23.4 Å². The van der Waals surface area contributed by atoms with E-state index >= 15 is 0 Å². The number of aromatic nitrogens is 1. The Morgan fingerprint density at radius 1 is 1.35 bits per heavy atom. The van der Waals surface area contributed by atoms with Crippen LogP contribution in [0.4, 0.5) is 5.82 Å². The molecule has 2 rings (SSSR count). The van der Waals surface area contributed by atoms with Crippen molar-refractivity contribution in [3.8, 4) is 0 Å². The van der Waals surface area contributed by atoms with E-state index in [1.165, 1.54) is 6.42 Å². The summed E-state index contributed by atoms with van der Waals surface area (Å²) in [6.45, 7) is 10.2. The van der Waals surface area contributed by atoms with Gasteiger partial charge in [0.1, 0.15) is 5.82 Å². The van der Waals surface area contributed by atoms with Crippen LogP contribution in [0.5, 0.6) is 0 Å². The average Bonchev–Trinajstić information content (AvgIpc) is 2.46. The molecule has 1 aromatic rings. The van der Waals surface area contributed by atoms with Crippen molar-refractivity contribution in [1.29, 1.82) is 0 Å². The Labute approximate surface area is 120 Å². The van der Waals surface area contributed by atoms with Crippen LogP contribution in [0.1, 0.15) is 36.3 Å². The molecule has 0 saturated carbocycles. The number of hydrogen-bond acceptors (Lipinski definition) is 4. The molecule has 1 aliphatic rings. The summed E-state index contributed by atoms with van der Waals surface area (Å²) in [4.78, 5) is 20.2. The molecule has 1 saturated heterocycles. The van der Waals surface area contributed by atoms with Gasteiger partial charge in [-0.25, -0.2) is 9.78 Å². The van der Waals surface area contributed by atoms with E-state index in [1.807, 2.05) is 6.07 Å². The summed E-state index contributed by atoms with van der Waals surface area (Å²) in [5.74, 6) is -0.0283. The molecule has 20 heavy (non-hydrogen) atoms. The number of hydrogen-bond donors (Lipinski definition) is 1. The Balaban J connectivity index is 2.04. The van der Waals surface area contributed by atoms with E-state index in [1.54, 1.807) is 13.0 Å². The van der Waals surface area contributed by atoms with E-state index in [-0.39, 0.29) is 5.56 Å². The molecule has 2 heterocycles. The van der Waals surface area contributed by atoms with Crippen molar-refractivity contribution < 1.29 is 9.90 Å². The van der Waals surface area contributed by atoms with E-state index in [4.69, 9.17) is 5.11 Å². The van der Waals surface area contributed by atoms with Crippen molar-refractivity contribution in [2.24, 2.45) is 0 Å². The normalized spacial score (nSPS) is 18.1. The van der Waals surface area contributed by atoms with Crippen LogP contribution < -0.4 is 4.90 Å². The standard InChI is InChI=1S/C15H23N3O2/c1-4-11(2)17-7-9-18(10-8-17)14-6-5-13(15(19)20)12(3)16-14/h5-6,11H,4,7-10H2,1-3H3,(H,19,20). The number of aryl methyl sites for hydroxylation is 1. The van der Waals surface area contributed by atoms with Crippen LogP contribution in [-0.4, -0.2) is 53.2 Å². The lowest BCUT2D eigenvalue weighted by Crippen LogP contribution is -2.49. The van der Waals surface area contributed by atoms with Gasteiger partial charge in [-0.05, 0) is 32.4 Å². The number of aromatic carboxylic acids is 1. The van der Waals surface area contributed by atoms with E-state index in [0.717, 1.165) is 32.0 Å². The summed E-state index contributed by atoms with van der Waals surface area (Å²) >= 11 is 0. The highest BCUT2D eigenvalue weighted by molar-refractivity contribution is 5.89. The molecule has 1 fully saturated rings. The second kappa shape index (κ2) is 6.22. The lowest BCUT2D eigenvalue weighted by Gasteiger charge is -2.38. The number of nitrogens with zero attached hydrogens (tertiary/aromatic N) is 3. The zero-order chi connectivity index (χ0) is 14.7. The second-order valence-electron chi connectivity index (χ2n) is 5.39. The molecule has 0 radical (unpaired) electrons. The highest BCUT2D eigenvalue weighted by Crippen LogP contribution is 2.18. The topological polar surface area (TPSA) is 56.7 Å². The Morgan fingerprint density at radius 3 is 2.50 bits per heavy atom. The largest absolute Gasteiger partial charge is 0.478 e. The molecule has 1 N–H and O–H groups in total. The van der Waals surface area contributed by atoms with Crippen molar-refractivity contribution in [2.45, 2.75) is 33.2 Å². The SMILES string of the molecule is CCC(C)N1CCN(c2ccc(C(=O)O)c(C)n2)CC1. The lowest BCUT2D eigenvalue weighted by atomic mass is 10.1. The maximum Gasteiger partial charge on any atom is 0.337 e. The minimum Gasteiger partial charge on any atom is -0.478 e. The zero-order valence-electron chi connectivity index (χ0n) is 12.5. The maximum atomic E-state index is 11.0. The Morgan fingerprint density at radius 2 is 2.00 bits per heavy atom. The van der Waals surface area contributed by atoms with Crippen molar-refractivity contribution in [2.75, 3.05) is 31.1 Å². The van der Waals surface area contributed by atoms with Gasteiger partial charge in [-0.3, -0.25) is 4.90 Å². The number of carboxylic acids is 1. The Kier molecular flexibility index (Phi) is 4.60. The van der Waals surface area contributed by atoms with Crippen LogP contribution in [-0.2, 0) is 0 Å². The fourth-order valence-corrected chi connectivity index (χ4v) is 2.60. The molecule has 5 heteroatoms. The van der Waals surface area contributed by atoms with Gasteiger partial charge < -0.3 is 10.0 Å². The summed E-state index contributed by atoms with van der Waals surface area (Å²) in [6, 6.07) is 4.09. The Bertz CT molecular complexity index is 482. The molecule has 1 aromatic heterocycles. The summed E-state index contributed by atoms with van der Waals surface area (Å²) in [5.41, 5.74) is 0.867. The summed E-state index contributed by atoms with van der Waals surface area (Å²) in [5, 5.41) is 9.03. The molecule has 1 atom stereocenters. The van der Waals surface area contributed by atoms with Gasteiger partial charge in [-0.2, -0.15) is 0 Å². The van der Waals surface area contributed by atoms with Gasteiger partial charge in [0.25, 0.3) is 0 Å². The van der Waals surface area contributed by atoms with E-state index in [9.17, 15) is 4.79 Å². The summed E-state index contributed by atoms with van der Waals surface area (Å²) in [6.07, 6.45) is 1.17. The number of carboxylic acid groups (broad SMARTS) is 1. The predicted octanol–water partition coefficient (Wildman–Crippen LogP) is 2.01. The fraction of sp³-hybridized carbons (Fsp3) is 0.600. The van der Waals surface area contributed by atoms with Crippen LogP contribution in [0.3, 0.4) is 0 Å². The van der Waals surface area contributed by atoms with E-state index in [2.05, 4.69) is 28.6 Å². The van der Waals surface area contributed by atoms with Crippen LogP contribution >= 0.6 is 0 Å². The van der Waals surface area contributed by atoms with Gasteiger partial charge in [-0.1, -0.05) is 6.92 Å². The highest BCUT2D eigenvalue weighted by atomic mass is 16.4. The quantitative estimate of drug-likeness (QED) is 0.912. The van der Waals surface area contributed by atoms with Crippen molar-refractivity contribution in [1.82, 2.24) is 9.88 Å². The average molecular weight is 277 g/mol. The smallest absolute Gasteiger partial charge is 0.337 e. The molecule has 0 amide bonds. The highest BCUT2D eigenvalue weighted by Gasteiger charge is 2.21. The monoisotopic (exact) mass is 277 g/mol. The van der Waals surface area contributed by atoms with Crippen LogP contribution in [0, 0.1) is 6.92 Å². The van der Waals surface area contributed by atoms with Gasteiger partial charge >= 0.3 is 5.97 Å². The van der Waals surface area contributed by atoms with E-state index < -0.39 is 5.97 Å². The predicted molar refractivity (Wildman–Crippen MR) is 79.5 cm³/mol. The molecule has 0 spiro atoms. The Hall–Kier alpha value is -1.62. The first-order valence-electron chi connectivity index (χ1n) is 7.23. The van der Waals surface area contributed by atoms with Crippen LogP contribution in [0.2, 0.25) is 0 Å². The molecule has 5 nitrogen and oxygen atoms in total. The minimum atomic E-state index is -0.914. The van der Waals surface area contributed by atoms with Gasteiger partial charge in [-0.15, -0.1) is 0 Å². The summed E-state index contributed by atoms with van der Waals surface area (Å²) in [7, 11) is 0. The third kappa shape index (κ3) is 3.10. The van der Waals surface area contributed by atoms with E-state index in [0.29, 0.717) is 11.7 Å². The molecular formula is C15H23N3O2. The number of pyridine rings is 1.